The van der Waals surface area contributed by atoms with Crippen molar-refractivity contribution in [3.63, 3.8) is 0 Å². The lowest BCUT2D eigenvalue weighted by Crippen LogP contribution is -2.14. The van der Waals surface area contributed by atoms with E-state index in [0.717, 1.165) is 18.0 Å². The summed E-state index contributed by atoms with van der Waals surface area (Å²) in [6, 6.07) is 8.85. The van der Waals surface area contributed by atoms with Gasteiger partial charge in [-0.3, -0.25) is 0 Å². The van der Waals surface area contributed by atoms with Gasteiger partial charge in [-0.05, 0) is 43.3 Å². The Hall–Kier alpha value is -1.00. The van der Waals surface area contributed by atoms with Crippen molar-refractivity contribution in [2.75, 3.05) is 18.6 Å². The smallest absolute Gasteiger partial charge is 0.110 e. The average molecular weight is 249 g/mol. The van der Waals surface area contributed by atoms with Gasteiger partial charge >= 0.3 is 0 Å². The molecule has 0 spiro atoms. The minimum Gasteiger partial charge on any atom is -0.386 e. The van der Waals surface area contributed by atoms with Crippen LogP contribution in [-0.4, -0.2) is 24.4 Å². The number of nitrogens with one attached hydrogen (secondary N) is 1. The summed E-state index contributed by atoms with van der Waals surface area (Å²) < 4.78 is 0. The third-order valence-corrected chi connectivity index (χ3v) is 3.48. The molecule has 1 saturated heterocycles. The Morgan fingerprint density at radius 3 is 3.18 bits per heavy atom. The maximum Gasteiger partial charge on any atom is 0.110 e. The molecule has 0 amide bonds. The quantitative estimate of drug-likeness (QED) is 0.636. The van der Waals surface area contributed by atoms with E-state index in [0.29, 0.717) is 11.9 Å². The normalized spacial score (nSPS) is 20.8. The summed E-state index contributed by atoms with van der Waals surface area (Å²) in [5, 5.41) is 3.49. The van der Waals surface area contributed by atoms with Crippen molar-refractivity contribution in [1.29, 1.82) is 0 Å². The molecular formula is C13H19N3S. The maximum absolute atomic E-state index is 5.83. The van der Waals surface area contributed by atoms with E-state index in [1.165, 1.54) is 18.4 Å². The standard InChI is InChI=1S/C13H19N3S/c1-17-9-13(14)16-11-5-2-4-10(8-11)12-6-3-7-15-12/h2,4-5,8,12,15H,3,6-7,9H2,1H3,(H2,14,16). The van der Waals surface area contributed by atoms with Crippen LogP contribution in [0.2, 0.25) is 0 Å². The molecule has 3 nitrogen and oxygen atoms in total. The third kappa shape index (κ3) is 3.48. The Kier molecular flexibility index (Phi) is 4.45. The van der Waals surface area contributed by atoms with Gasteiger partial charge in [0.05, 0.1) is 11.4 Å². The van der Waals surface area contributed by atoms with Gasteiger partial charge in [-0.1, -0.05) is 12.1 Å². The number of hydrogen-bond donors (Lipinski definition) is 2. The van der Waals surface area contributed by atoms with E-state index in [2.05, 4.69) is 28.5 Å². The van der Waals surface area contributed by atoms with Gasteiger partial charge in [0.15, 0.2) is 0 Å². The Balaban J connectivity index is 2.13. The van der Waals surface area contributed by atoms with Crippen molar-refractivity contribution in [3.05, 3.63) is 29.8 Å². The van der Waals surface area contributed by atoms with Crippen LogP contribution in [0.5, 0.6) is 0 Å². The van der Waals surface area contributed by atoms with E-state index < -0.39 is 0 Å². The molecule has 1 unspecified atom stereocenters. The Bertz CT molecular complexity index is 397. The lowest BCUT2D eigenvalue weighted by molar-refractivity contribution is 0.648. The summed E-state index contributed by atoms with van der Waals surface area (Å²) in [5.74, 6) is 1.47. The molecule has 1 fully saturated rings. The number of thioether (sulfide) groups is 1. The Labute approximate surface area is 107 Å². The van der Waals surface area contributed by atoms with Crippen LogP contribution in [0.4, 0.5) is 5.69 Å². The predicted molar refractivity (Wildman–Crippen MR) is 76.1 cm³/mol. The monoisotopic (exact) mass is 249 g/mol. The topological polar surface area (TPSA) is 50.4 Å². The van der Waals surface area contributed by atoms with E-state index >= 15 is 0 Å². The molecule has 17 heavy (non-hydrogen) atoms. The van der Waals surface area contributed by atoms with Crippen LogP contribution in [0.15, 0.2) is 29.3 Å². The van der Waals surface area contributed by atoms with Crippen molar-refractivity contribution in [2.45, 2.75) is 18.9 Å². The lowest BCUT2D eigenvalue weighted by atomic mass is 10.1. The first-order chi connectivity index (χ1) is 8.29. The van der Waals surface area contributed by atoms with Crippen molar-refractivity contribution in [3.8, 4) is 0 Å². The molecule has 4 heteroatoms. The van der Waals surface area contributed by atoms with Gasteiger partial charge in [-0.15, -0.1) is 0 Å². The Morgan fingerprint density at radius 2 is 2.47 bits per heavy atom. The average Bonchev–Trinajstić information content (AvgIpc) is 2.83. The fraction of sp³-hybridized carbons (Fsp3) is 0.462. The van der Waals surface area contributed by atoms with Crippen LogP contribution in [-0.2, 0) is 0 Å². The van der Waals surface area contributed by atoms with Crippen molar-refractivity contribution < 1.29 is 0 Å². The molecule has 2 rings (SSSR count). The molecule has 0 aliphatic carbocycles. The zero-order chi connectivity index (χ0) is 12.1. The van der Waals surface area contributed by atoms with Crippen molar-refractivity contribution in [2.24, 2.45) is 10.7 Å². The third-order valence-electron chi connectivity index (χ3n) is 2.90. The number of hydrogen-bond acceptors (Lipinski definition) is 3. The molecule has 1 atom stereocenters. The van der Waals surface area contributed by atoms with Gasteiger partial charge in [0.25, 0.3) is 0 Å². The van der Waals surface area contributed by atoms with Gasteiger partial charge in [0.2, 0.25) is 0 Å². The molecule has 0 radical (unpaired) electrons. The minimum absolute atomic E-state index is 0.493. The van der Waals surface area contributed by atoms with Crippen LogP contribution < -0.4 is 11.1 Å². The van der Waals surface area contributed by atoms with Crippen molar-refractivity contribution >= 4 is 23.3 Å². The van der Waals surface area contributed by atoms with E-state index in [-0.39, 0.29) is 0 Å². The van der Waals surface area contributed by atoms with E-state index in [9.17, 15) is 0 Å². The highest BCUT2D eigenvalue weighted by atomic mass is 32.2. The Morgan fingerprint density at radius 1 is 1.59 bits per heavy atom. The second-order valence-corrected chi connectivity index (χ2v) is 5.15. The first kappa shape index (κ1) is 12.5. The van der Waals surface area contributed by atoms with Gasteiger partial charge in [-0.25, -0.2) is 4.99 Å². The zero-order valence-corrected chi connectivity index (χ0v) is 11.0. The molecule has 1 aliphatic rings. The molecule has 1 aromatic rings. The predicted octanol–water partition coefficient (Wildman–Crippen LogP) is 2.46. The molecule has 0 saturated carbocycles. The second-order valence-electron chi connectivity index (χ2n) is 4.28. The van der Waals surface area contributed by atoms with Gasteiger partial charge in [0.1, 0.15) is 5.84 Å². The summed E-state index contributed by atoms with van der Waals surface area (Å²) in [5.41, 5.74) is 8.11. The van der Waals surface area contributed by atoms with Crippen LogP contribution in [0.1, 0.15) is 24.4 Å². The van der Waals surface area contributed by atoms with Gasteiger partial charge < -0.3 is 11.1 Å². The van der Waals surface area contributed by atoms with Gasteiger partial charge in [-0.2, -0.15) is 11.8 Å². The fourth-order valence-electron chi connectivity index (χ4n) is 2.13. The highest BCUT2D eigenvalue weighted by Crippen LogP contribution is 2.26. The molecule has 1 aliphatic heterocycles. The van der Waals surface area contributed by atoms with Crippen LogP contribution in [0.25, 0.3) is 0 Å². The second kappa shape index (κ2) is 6.07. The van der Waals surface area contributed by atoms with Crippen LogP contribution >= 0.6 is 11.8 Å². The summed E-state index contributed by atoms with van der Waals surface area (Å²) in [4.78, 5) is 4.43. The van der Waals surface area contributed by atoms with E-state index in [1.54, 1.807) is 11.8 Å². The maximum atomic E-state index is 5.83. The first-order valence-corrected chi connectivity index (χ1v) is 7.34. The fourth-order valence-corrected chi connectivity index (χ4v) is 2.49. The molecule has 1 aromatic carbocycles. The summed E-state index contributed by atoms with van der Waals surface area (Å²) in [6.45, 7) is 1.12. The summed E-state index contributed by atoms with van der Waals surface area (Å²) in [7, 11) is 0. The highest BCUT2D eigenvalue weighted by Gasteiger charge is 2.15. The number of nitrogens with zero attached hydrogens (tertiary/aromatic N) is 1. The molecule has 0 bridgehead atoms. The summed E-state index contributed by atoms with van der Waals surface area (Å²) >= 11 is 1.69. The van der Waals surface area contributed by atoms with Crippen LogP contribution in [0, 0.1) is 0 Å². The number of rotatable bonds is 4. The highest BCUT2D eigenvalue weighted by molar-refractivity contribution is 7.99. The number of benzene rings is 1. The first-order valence-electron chi connectivity index (χ1n) is 5.95. The largest absolute Gasteiger partial charge is 0.386 e. The molecule has 92 valence electrons. The summed E-state index contributed by atoms with van der Waals surface area (Å²) in [6.07, 6.45) is 4.50. The van der Waals surface area contributed by atoms with E-state index in [4.69, 9.17) is 5.73 Å². The van der Waals surface area contributed by atoms with E-state index in [1.807, 2.05) is 12.3 Å². The zero-order valence-electron chi connectivity index (χ0n) is 10.1. The number of nitrogens with two attached hydrogens (primary N) is 1. The van der Waals surface area contributed by atoms with Gasteiger partial charge in [0, 0.05) is 6.04 Å². The lowest BCUT2D eigenvalue weighted by Gasteiger charge is -2.10. The molecule has 0 aromatic heterocycles. The molecule has 3 N–H and O–H groups in total. The number of aliphatic imine (C=N–C) groups is 1. The number of amidine groups is 1. The van der Waals surface area contributed by atoms with Crippen LogP contribution in [0.3, 0.4) is 0 Å². The van der Waals surface area contributed by atoms with Crippen molar-refractivity contribution in [1.82, 2.24) is 5.32 Å². The molecule has 1 heterocycles. The minimum atomic E-state index is 0.493. The SMILES string of the molecule is CSCC(N)=Nc1cccc(C2CCCN2)c1. The molecular weight excluding hydrogens is 230 g/mol.